The first-order chi connectivity index (χ1) is 9.11. The maximum Gasteiger partial charge on any atom is 0.233 e. The Morgan fingerprint density at radius 2 is 2.16 bits per heavy atom. The van der Waals surface area contributed by atoms with Gasteiger partial charge in [0.15, 0.2) is 0 Å². The van der Waals surface area contributed by atoms with Crippen molar-refractivity contribution >= 4 is 21.8 Å². The van der Waals surface area contributed by atoms with Crippen LogP contribution in [0.3, 0.4) is 0 Å². The molecule has 0 bridgehead atoms. The van der Waals surface area contributed by atoms with Crippen LogP contribution in [-0.2, 0) is 11.3 Å². The van der Waals surface area contributed by atoms with Gasteiger partial charge in [-0.05, 0) is 44.1 Å². The molecule has 1 rings (SSSR count). The number of unbranched alkanes of at least 4 members (excludes halogenated alkanes) is 2. The van der Waals surface area contributed by atoms with E-state index in [0.29, 0.717) is 6.42 Å². The lowest BCUT2D eigenvalue weighted by Crippen LogP contribution is -2.29. The standard InChI is InChI=1S/C14H22BrN3O/c1-18(9-4-2-3-8-14(19)17-16)11-12-6-5-7-13(15)10-12/h5-7,10H,2-4,8-9,11,16H2,1H3,(H,17,19). The van der Waals surface area contributed by atoms with Crippen molar-refractivity contribution in [3.63, 3.8) is 0 Å². The minimum absolute atomic E-state index is 0.0810. The molecule has 0 saturated heterocycles. The molecule has 3 N–H and O–H groups in total. The normalized spacial score (nSPS) is 10.7. The maximum atomic E-state index is 10.9. The molecule has 0 spiro atoms. The number of nitrogens with one attached hydrogen (secondary N) is 1. The second-order valence-electron chi connectivity index (χ2n) is 4.75. The Hall–Kier alpha value is -0.910. The molecule has 0 aliphatic heterocycles. The predicted octanol–water partition coefficient (Wildman–Crippen LogP) is 2.43. The van der Waals surface area contributed by atoms with E-state index in [4.69, 9.17) is 5.84 Å². The van der Waals surface area contributed by atoms with Gasteiger partial charge in [0.1, 0.15) is 0 Å². The molecule has 0 aliphatic rings. The van der Waals surface area contributed by atoms with Gasteiger partial charge in [-0.3, -0.25) is 10.2 Å². The van der Waals surface area contributed by atoms with E-state index >= 15 is 0 Å². The second-order valence-corrected chi connectivity index (χ2v) is 5.66. The third-order valence-electron chi connectivity index (χ3n) is 2.95. The van der Waals surface area contributed by atoms with Crippen LogP contribution in [0.15, 0.2) is 28.7 Å². The molecule has 1 aromatic carbocycles. The van der Waals surface area contributed by atoms with E-state index in [-0.39, 0.29) is 5.91 Å². The molecule has 0 heterocycles. The van der Waals surface area contributed by atoms with E-state index in [1.807, 2.05) is 6.07 Å². The van der Waals surface area contributed by atoms with Crippen molar-refractivity contribution in [1.82, 2.24) is 10.3 Å². The fraction of sp³-hybridized carbons (Fsp3) is 0.500. The summed E-state index contributed by atoms with van der Waals surface area (Å²) in [5.41, 5.74) is 3.45. The van der Waals surface area contributed by atoms with Crippen LogP contribution in [-0.4, -0.2) is 24.4 Å². The molecule has 5 heteroatoms. The Morgan fingerprint density at radius 1 is 1.37 bits per heavy atom. The lowest BCUT2D eigenvalue weighted by Gasteiger charge is -2.16. The maximum absolute atomic E-state index is 10.9. The summed E-state index contributed by atoms with van der Waals surface area (Å²) >= 11 is 3.48. The summed E-state index contributed by atoms with van der Waals surface area (Å²) in [5, 5.41) is 0. The number of nitrogens with zero attached hydrogens (tertiary/aromatic N) is 1. The molecule has 1 amide bonds. The van der Waals surface area contributed by atoms with Crippen LogP contribution >= 0.6 is 15.9 Å². The number of carbonyl (C=O) groups excluding carboxylic acids is 1. The average Bonchev–Trinajstić information content (AvgIpc) is 2.38. The van der Waals surface area contributed by atoms with Gasteiger partial charge in [0.2, 0.25) is 5.91 Å². The Kier molecular flexibility index (Phi) is 7.70. The Bertz CT molecular complexity index is 398. The van der Waals surface area contributed by atoms with Crippen LogP contribution in [0, 0.1) is 0 Å². The summed E-state index contributed by atoms with van der Waals surface area (Å²) in [5.74, 6) is 4.94. The summed E-state index contributed by atoms with van der Waals surface area (Å²) < 4.78 is 1.12. The zero-order valence-electron chi connectivity index (χ0n) is 11.4. The second kappa shape index (κ2) is 9.07. The van der Waals surface area contributed by atoms with Crippen molar-refractivity contribution < 1.29 is 4.79 Å². The number of hydrogen-bond acceptors (Lipinski definition) is 3. The smallest absolute Gasteiger partial charge is 0.233 e. The van der Waals surface area contributed by atoms with Crippen LogP contribution < -0.4 is 11.3 Å². The first kappa shape index (κ1) is 16.1. The van der Waals surface area contributed by atoms with Gasteiger partial charge < -0.3 is 4.90 Å². The van der Waals surface area contributed by atoms with Crippen molar-refractivity contribution in [2.75, 3.05) is 13.6 Å². The van der Waals surface area contributed by atoms with Crippen LogP contribution in [0.1, 0.15) is 31.2 Å². The predicted molar refractivity (Wildman–Crippen MR) is 81.3 cm³/mol. The van der Waals surface area contributed by atoms with Crippen LogP contribution in [0.5, 0.6) is 0 Å². The molecule has 0 saturated carbocycles. The van der Waals surface area contributed by atoms with Gasteiger partial charge in [-0.15, -0.1) is 0 Å². The summed E-state index contributed by atoms with van der Waals surface area (Å²) in [6.07, 6.45) is 3.57. The first-order valence-electron chi connectivity index (χ1n) is 6.54. The van der Waals surface area contributed by atoms with E-state index in [1.165, 1.54) is 5.56 Å². The quantitative estimate of drug-likeness (QED) is 0.333. The molecule has 0 aliphatic carbocycles. The van der Waals surface area contributed by atoms with E-state index in [1.54, 1.807) is 0 Å². The van der Waals surface area contributed by atoms with E-state index in [2.05, 4.69) is 51.5 Å². The highest BCUT2D eigenvalue weighted by Gasteiger charge is 2.02. The lowest BCUT2D eigenvalue weighted by molar-refractivity contribution is -0.121. The van der Waals surface area contributed by atoms with Gasteiger partial charge in [-0.1, -0.05) is 34.5 Å². The highest BCUT2D eigenvalue weighted by molar-refractivity contribution is 9.10. The minimum atomic E-state index is -0.0810. The fourth-order valence-electron chi connectivity index (χ4n) is 1.94. The van der Waals surface area contributed by atoms with Crippen molar-refractivity contribution in [2.45, 2.75) is 32.2 Å². The van der Waals surface area contributed by atoms with Gasteiger partial charge >= 0.3 is 0 Å². The number of benzene rings is 1. The number of halogens is 1. The molecule has 0 fully saturated rings. The van der Waals surface area contributed by atoms with E-state index in [9.17, 15) is 4.79 Å². The fourth-order valence-corrected chi connectivity index (χ4v) is 2.39. The molecule has 0 aromatic heterocycles. The number of carbonyl (C=O) groups is 1. The largest absolute Gasteiger partial charge is 0.302 e. The lowest BCUT2D eigenvalue weighted by atomic mass is 10.1. The number of nitrogens with two attached hydrogens (primary N) is 1. The zero-order valence-corrected chi connectivity index (χ0v) is 12.9. The van der Waals surface area contributed by atoms with Crippen LogP contribution in [0.25, 0.3) is 0 Å². The molecule has 4 nitrogen and oxygen atoms in total. The monoisotopic (exact) mass is 327 g/mol. The van der Waals surface area contributed by atoms with Gasteiger partial charge in [0, 0.05) is 17.4 Å². The van der Waals surface area contributed by atoms with Gasteiger partial charge in [0.05, 0.1) is 0 Å². The average molecular weight is 328 g/mol. The Balaban J connectivity index is 2.14. The molecular formula is C14H22BrN3O. The highest BCUT2D eigenvalue weighted by Crippen LogP contribution is 2.13. The SMILES string of the molecule is CN(CCCCCC(=O)NN)Cc1cccc(Br)c1. The van der Waals surface area contributed by atoms with Crippen molar-refractivity contribution in [1.29, 1.82) is 0 Å². The van der Waals surface area contributed by atoms with Crippen molar-refractivity contribution in [3.05, 3.63) is 34.3 Å². The highest BCUT2D eigenvalue weighted by atomic mass is 79.9. The number of rotatable bonds is 8. The van der Waals surface area contributed by atoms with Gasteiger partial charge in [-0.2, -0.15) is 0 Å². The summed E-state index contributed by atoms with van der Waals surface area (Å²) in [6.45, 7) is 1.99. The Morgan fingerprint density at radius 3 is 2.84 bits per heavy atom. The zero-order chi connectivity index (χ0) is 14.1. The van der Waals surface area contributed by atoms with Gasteiger partial charge in [0.25, 0.3) is 0 Å². The summed E-state index contributed by atoms with van der Waals surface area (Å²) in [6, 6.07) is 8.36. The molecule has 1 aromatic rings. The Labute approximate surface area is 123 Å². The minimum Gasteiger partial charge on any atom is -0.302 e. The molecule has 19 heavy (non-hydrogen) atoms. The third kappa shape index (κ3) is 7.30. The molecule has 0 unspecified atom stereocenters. The van der Waals surface area contributed by atoms with Crippen LogP contribution in [0.4, 0.5) is 0 Å². The van der Waals surface area contributed by atoms with Crippen LogP contribution in [0.2, 0.25) is 0 Å². The summed E-state index contributed by atoms with van der Waals surface area (Å²) in [7, 11) is 2.12. The number of hydrazine groups is 1. The first-order valence-corrected chi connectivity index (χ1v) is 7.33. The molecule has 106 valence electrons. The topological polar surface area (TPSA) is 58.4 Å². The summed E-state index contributed by atoms with van der Waals surface area (Å²) in [4.78, 5) is 13.2. The third-order valence-corrected chi connectivity index (χ3v) is 3.44. The molecule has 0 atom stereocenters. The molecular weight excluding hydrogens is 306 g/mol. The van der Waals surface area contributed by atoms with E-state index in [0.717, 1.165) is 36.8 Å². The van der Waals surface area contributed by atoms with Gasteiger partial charge in [-0.25, -0.2) is 5.84 Å². The number of amides is 1. The van der Waals surface area contributed by atoms with Crippen molar-refractivity contribution in [2.24, 2.45) is 5.84 Å². The van der Waals surface area contributed by atoms with Crippen molar-refractivity contribution in [3.8, 4) is 0 Å². The van der Waals surface area contributed by atoms with E-state index < -0.39 is 0 Å². The molecule has 0 radical (unpaired) electrons. The number of hydrogen-bond donors (Lipinski definition) is 2.